The number of nitrogens with two attached hydrogens (primary N) is 1. The summed E-state index contributed by atoms with van der Waals surface area (Å²) in [5.41, 5.74) is 7.47. The van der Waals surface area contributed by atoms with E-state index in [1.165, 1.54) is 17.4 Å². The van der Waals surface area contributed by atoms with Crippen LogP contribution in [-0.4, -0.2) is 29.4 Å². The molecule has 134 valence electrons. The highest BCUT2D eigenvalue weighted by Crippen LogP contribution is 2.22. The zero-order valence-corrected chi connectivity index (χ0v) is 14.6. The summed E-state index contributed by atoms with van der Waals surface area (Å²) in [7, 11) is 0. The third kappa shape index (κ3) is 4.09. The lowest BCUT2D eigenvalue weighted by Gasteiger charge is -2.06. The predicted molar refractivity (Wildman–Crippen MR) is 99.0 cm³/mol. The van der Waals surface area contributed by atoms with Gasteiger partial charge in [-0.05, 0) is 29.5 Å². The lowest BCUT2D eigenvalue weighted by molar-refractivity contribution is -0.147. The molecule has 0 atom stereocenters. The Morgan fingerprint density at radius 1 is 1.19 bits per heavy atom. The molecule has 0 fully saturated rings. The zero-order chi connectivity index (χ0) is 18.5. The Balaban J connectivity index is 1.47. The maximum Gasteiger partial charge on any atom is 0.306 e. The van der Waals surface area contributed by atoms with Crippen LogP contribution in [0.25, 0.3) is 10.9 Å². The van der Waals surface area contributed by atoms with Crippen molar-refractivity contribution in [3.63, 3.8) is 0 Å². The first-order valence-electron chi connectivity index (χ1n) is 7.92. The second-order valence-corrected chi connectivity index (χ2v) is 6.51. The van der Waals surface area contributed by atoms with Gasteiger partial charge in [0.15, 0.2) is 6.61 Å². The quantitative estimate of drug-likeness (QED) is 0.553. The van der Waals surface area contributed by atoms with Crippen molar-refractivity contribution in [3.05, 3.63) is 53.0 Å². The van der Waals surface area contributed by atoms with Gasteiger partial charge < -0.3 is 20.8 Å². The molecule has 0 unspecified atom stereocenters. The first-order chi connectivity index (χ1) is 12.5. The first-order valence-corrected chi connectivity index (χ1v) is 8.80. The molecule has 3 rings (SSSR count). The number of rotatable bonds is 7. The van der Waals surface area contributed by atoms with Crippen molar-refractivity contribution in [2.75, 3.05) is 11.9 Å². The van der Waals surface area contributed by atoms with Crippen LogP contribution in [0.1, 0.15) is 22.3 Å². The van der Waals surface area contributed by atoms with E-state index in [1.54, 1.807) is 5.38 Å². The van der Waals surface area contributed by atoms with Crippen LogP contribution in [0.2, 0.25) is 0 Å². The SMILES string of the molecule is NC(=O)c1ccsc1NC(=O)COC(=O)CCc1c[nH]c2ccccc12. The number of aromatic nitrogens is 1. The number of carbonyl (C=O) groups excluding carboxylic acids is 3. The molecule has 2 amide bonds. The number of anilines is 1. The Bertz CT molecular complexity index is 960. The zero-order valence-electron chi connectivity index (χ0n) is 13.8. The molecule has 7 nitrogen and oxygen atoms in total. The van der Waals surface area contributed by atoms with Gasteiger partial charge in [-0.15, -0.1) is 11.3 Å². The van der Waals surface area contributed by atoms with Crippen LogP contribution in [-0.2, 0) is 20.7 Å². The van der Waals surface area contributed by atoms with E-state index in [2.05, 4.69) is 10.3 Å². The van der Waals surface area contributed by atoms with Gasteiger partial charge in [0.25, 0.3) is 11.8 Å². The highest BCUT2D eigenvalue weighted by molar-refractivity contribution is 7.14. The number of aromatic amines is 1. The van der Waals surface area contributed by atoms with Crippen molar-refractivity contribution in [1.29, 1.82) is 0 Å². The largest absolute Gasteiger partial charge is 0.456 e. The summed E-state index contributed by atoms with van der Waals surface area (Å²) in [6, 6.07) is 9.35. The minimum Gasteiger partial charge on any atom is -0.456 e. The van der Waals surface area contributed by atoms with Crippen LogP contribution in [0.5, 0.6) is 0 Å². The summed E-state index contributed by atoms with van der Waals surface area (Å²) in [5, 5.41) is 5.57. The topological polar surface area (TPSA) is 114 Å². The smallest absolute Gasteiger partial charge is 0.306 e. The molecule has 0 bridgehead atoms. The average Bonchev–Trinajstić information content (AvgIpc) is 3.25. The molecule has 2 heterocycles. The van der Waals surface area contributed by atoms with Crippen molar-refractivity contribution in [3.8, 4) is 0 Å². The molecule has 0 aliphatic heterocycles. The maximum absolute atomic E-state index is 11.9. The van der Waals surface area contributed by atoms with Crippen LogP contribution in [0.4, 0.5) is 5.00 Å². The van der Waals surface area contributed by atoms with Gasteiger partial charge in [0.1, 0.15) is 5.00 Å². The number of nitrogens with one attached hydrogen (secondary N) is 2. The number of para-hydroxylation sites is 1. The molecular weight excluding hydrogens is 354 g/mol. The van der Waals surface area contributed by atoms with E-state index in [0.717, 1.165) is 16.5 Å². The number of carbonyl (C=O) groups is 3. The number of ether oxygens (including phenoxy) is 1. The molecule has 4 N–H and O–H groups in total. The van der Waals surface area contributed by atoms with Crippen molar-refractivity contribution < 1.29 is 19.1 Å². The summed E-state index contributed by atoms with van der Waals surface area (Å²) in [6.45, 7) is -0.414. The van der Waals surface area contributed by atoms with E-state index in [0.29, 0.717) is 11.4 Å². The third-order valence-corrected chi connectivity index (χ3v) is 4.65. The van der Waals surface area contributed by atoms with Gasteiger partial charge in [-0.3, -0.25) is 14.4 Å². The highest BCUT2D eigenvalue weighted by atomic mass is 32.1. The highest BCUT2D eigenvalue weighted by Gasteiger charge is 2.14. The number of hydrogen-bond acceptors (Lipinski definition) is 5. The summed E-state index contributed by atoms with van der Waals surface area (Å²) in [6.07, 6.45) is 2.55. The fourth-order valence-electron chi connectivity index (χ4n) is 2.56. The van der Waals surface area contributed by atoms with Crippen LogP contribution < -0.4 is 11.1 Å². The molecule has 0 saturated heterocycles. The molecule has 8 heteroatoms. The average molecular weight is 371 g/mol. The maximum atomic E-state index is 11.9. The van der Waals surface area contributed by atoms with E-state index in [4.69, 9.17) is 10.5 Å². The minimum absolute atomic E-state index is 0.167. The number of esters is 1. The monoisotopic (exact) mass is 371 g/mol. The Hall–Kier alpha value is -3.13. The number of primary amides is 1. The fraction of sp³-hybridized carbons (Fsp3) is 0.167. The molecular formula is C18H17N3O4S. The number of aryl methyl sites for hydroxylation is 1. The summed E-state index contributed by atoms with van der Waals surface area (Å²) in [5.74, 6) is -1.61. The van der Waals surface area contributed by atoms with Gasteiger partial charge in [0, 0.05) is 23.5 Å². The van der Waals surface area contributed by atoms with E-state index in [-0.39, 0.29) is 12.0 Å². The van der Waals surface area contributed by atoms with E-state index < -0.39 is 24.4 Å². The summed E-state index contributed by atoms with van der Waals surface area (Å²) in [4.78, 5) is 38.1. The molecule has 0 aliphatic carbocycles. The molecule has 26 heavy (non-hydrogen) atoms. The molecule has 1 aromatic carbocycles. The lowest BCUT2D eigenvalue weighted by atomic mass is 10.1. The number of fused-ring (bicyclic) bond motifs is 1. The molecule has 0 spiro atoms. The Morgan fingerprint density at radius 3 is 2.81 bits per heavy atom. The van der Waals surface area contributed by atoms with Crippen molar-refractivity contribution in [2.45, 2.75) is 12.8 Å². The number of amides is 2. The van der Waals surface area contributed by atoms with E-state index in [9.17, 15) is 14.4 Å². The second-order valence-electron chi connectivity index (χ2n) is 5.60. The van der Waals surface area contributed by atoms with E-state index in [1.807, 2.05) is 30.5 Å². The normalized spacial score (nSPS) is 10.6. The molecule has 0 aliphatic rings. The van der Waals surface area contributed by atoms with Gasteiger partial charge in [0.05, 0.1) is 5.56 Å². The third-order valence-electron chi connectivity index (χ3n) is 3.82. The van der Waals surface area contributed by atoms with Crippen LogP contribution in [0, 0.1) is 0 Å². The van der Waals surface area contributed by atoms with Crippen molar-refractivity contribution >= 4 is 45.0 Å². The van der Waals surface area contributed by atoms with Gasteiger partial charge >= 0.3 is 5.97 Å². The van der Waals surface area contributed by atoms with Crippen molar-refractivity contribution in [1.82, 2.24) is 4.98 Å². The number of benzene rings is 1. The van der Waals surface area contributed by atoms with Gasteiger partial charge in [-0.25, -0.2) is 0 Å². The van der Waals surface area contributed by atoms with Crippen molar-refractivity contribution in [2.24, 2.45) is 5.73 Å². The molecule has 3 aromatic rings. The Labute approximate surface area is 153 Å². The molecule has 0 saturated carbocycles. The van der Waals surface area contributed by atoms with Gasteiger partial charge in [-0.2, -0.15) is 0 Å². The van der Waals surface area contributed by atoms with Crippen LogP contribution >= 0.6 is 11.3 Å². The van der Waals surface area contributed by atoms with Gasteiger partial charge in [-0.1, -0.05) is 18.2 Å². The summed E-state index contributed by atoms with van der Waals surface area (Å²) >= 11 is 1.17. The molecule has 0 radical (unpaired) electrons. The Kier molecular flexibility index (Phi) is 5.33. The standard InChI is InChI=1S/C18H17N3O4S/c19-17(24)13-7-8-26-18(13)21-15(22)10-25-16(23)6-5-11-9-20-14-4-2-1-3-12(11)14/h1-4,7-9,20H,5-6,10H2,(H2,19,24)(H,21,22). The number of thiophene rings is 1. The summed E-state index contributed by atoms with van der Waals surface area (Å²) < 4.78 is 4.99. The second kappa shape index (κ2) is 7.83. The Morgan fingerprint density at radius 2 is 2.00 bits per heavy atom. The lowest BCUT2D eigenvalue weighted by Crippen LogP contribution is -2.22. The first kappa shape index (κ1) is 17.7. The van der Waals surface area contributed by atoms with Gasteiger partial charge in [0.2, 0.25) is 0 Å². The fourth-order valence-corrected chi connectivity index (χ4v) is 3.36. The molecule has 2 aromatic heterocycles. The van der Waals surface area contributed by atoms with Crippen LogP contribution in [0.3, 0.4) is 0 Å². The minimum atomic E-state index is -0.628. The van der Waals surface area contributed by atoms with Crippen LogP contribution in [0.15, 0.2) is 41.9 Å². The number of H-pyrrole nitrogens is 1. The predicted octanol–water partition coefficient (Wildman–Crippen LogP) is 2.44. The number of hydrogen-bond donors (Lipinski definition) is 3. The van der Waals surface area contributed by atoms with E-state index >= 15 is 0 Å².